The third-order valence-corrected chi connectivity index (χ3v) is 6.42. The van der Waals surface area contributed by atoms with Gasteiger partial charge < -0.3 is 10.2 Å². The van der Waals surface area contributed by atoms with Gasteiger partial charge in [0, 0.05) is 30.3 Å². The van der Waals surface area contributed by atoms with E-state index in [0.717, 1.165) is 11.3 Å². The molecule has 140 valence electrons. The molecule has 0 aromatic heterocycles. The van der Waals surface area contributed by atoms with Crippen molar-refractivity contribution < 1.29 is 13.2 Å². The first-order valence-corrected chi connectivity index (χ1v) is 10.4. The third kappa shape index (κ3) is 3.47. The molecule has 1 saturated heterocycles. The average molecular weight is 383 g/mol. The maximum Gasteiger partial charge on any atom is 0.285 e. The summed E-state index contributed by atoms with van der Waals surface area (Å²) in [5.41, 5.74) is 2.60. The summed E-state index contributed by atoms with van der Waals surface area (Å²) < 4.78 is 28.4. The van der Waals surface area contributed by atoms with Gasteiger partial charge in [-0.05, 0) is 44.0 Å². The fraction of sp³-hybridized carbons (Fsp3) is 0.300. The van der Waals surface area contributed by atoms with E-state index in [9.17, 15) is 13.2 Å². The van der Waals surface area contributed by atoms with Crippen LogP contribution in [0.1, 0.15) is 24.0 Å². The number of sulfonamides is 1. The minimum absolute atomic E-state index is 0.0138. The molecule has 1 N–H and O–H groups in total. The first-order valence-electron chi connectivity index (χ1n) is 9.01. The van der Waals surface area contributed by atoms with Gasteiger partial charge in [-0.15, -0.1) is 4.40 Å². The number of piperidine rings is 1. The molecule has 0 unspecified atom stereocenters. The highest BCUT2D eigenvalue weighted by Crippen LogP contribution is 2.30. The van der Waals surface area contributed by atoms with Crippen molar-refractivity contribution in [1.29, 1.82) is 0 Å². The highest BCUT2D eigenvalue weighted by Gasteiger charge is 2.34. The molecular weight excluding hydrogens is 362 g/mol. The summed E-state index contributed by atoms with van der Waals surface area (Å²) >= 11 is 0. The molecule has 1 amide bonds. The minimum Gasteiger partial charge on any atom is -0.355 e. The number of carbonyl (C=O) groups excluding carboxylic acids is 1. The largest absolute Gasteiger partial charge is 0.355 e. The number of nitrogens with zero attached hydrogens (tertiary/aromatic N) is 2. The molecule has 0 saturated carbocycles. The Hall–Kier alpha value is -2.67. The lowest BCUT2D eigenvalue weighted by molar-refractivity contribution is -0.120. The minimum atomic E-state index is -3.61. The maximum absolute atomic E-state index is 12.5. The zero-order valence-corrected chi connectivity index (χ0v) is 15.9. The Morgan fingerprint density at radius 3 is 2.44 bits per heavy atom. The van der Waals surface area contributed by atoms with Gasteiger partial charge in [0.05, 0.1) is 0 Å². The second-order valence-electron chi connectivity index (χ2n) is 7.00. The molecule has 7 heteroatoms. The van der Waals surface area contributed by atoms with Gasteiger partial charge in [0.1, 0.15) is 4.90 Å². The second-order valence-corrected chi connectivity index (χ2v) is 8.58. The van der Waals surface area contributed by atoms with Crippen molar-refractivity contribution in [2.24, 2.45) is 10.3 Å². The lowest BCUT2D eigenvalue weighted by atomic mass is 9.95. The van der Waals surface area contributed by atoms with Crippen LogP contribution in [0.15, 0.2) is 57.8 Å². The van der Waals surface area contributed by atoms with E-state index in [1.54, 1.807) is 18.2 Å². The van der Waals surface area contributed by atoms with Crippen molar-refractivity contribution in [2.45, 2.75) is 24.7 Å². The number of aryl methyl sites for hydroxylation is 1. The van der Waals surface area contributed by atoms with Crippen molar-refractivity contribution in [2.75, 3.05) is 18.4 Å². The molecule has 2 aromatic rings. The van der Waals surface area contributed by atoms with Crippen molar-refractivity contribution >= 4 is 27.5 Å². The van der Waals surface area contributed by atoms with Crippen molar-refractivity contribution in [3.05, 3.63) is 59.7 Å². The third-order valence-electron chi connectivity index (χ3n) is 5.10. The number of likely N-dealkylation sites (tertiary alicyclic amines) is 1. The number of nitrogens with one attached hydrogen (secondary N) is 1. The maximum atomic E-state index is 12.5. The van der Waals surface area contributed by atoms with Crippen LogP contribution in [0.25, 0.3) is 0 Å². The lowest BCUT2D eigenvalue weighted by Crippen LogP contribution is -2.41. The molecule has 2 heterocycles. The molecule has 0 atom stereocenters. The predicted molar refractivity (Wildman–Crippen MR) is 104 cm³/mol. The Bertz CT molecular complexity index is 1010. The molecular formula is C20H21N3O3S. The Labute approximate surface area is 159 Å². The van der Waals surface area contributed by atoms with Gasteiger partial charge in [-0.1, -0.05) is 29.8 Å². The van der Waals surface area contributed by atoms with E-state index in [1.807, 2.05) is 42.2 Å². The molecule has 1 fully saturated rings. The summed E-state index contributed by atoms with van der Waals surface area (Å²) in [5.74, 6) is 0.430. The number of amidine groups is 1. The number of fused-ring (bicyclic) bond motifs is 1. The van der Waals surface area contributed by atoms with Crippen molar-refractivity contribution in [1.82, 2.24) is 4.90 Å². The summed E-state index contributed by atoms with van der Waals surface area (Å²) in [6, 6.07) is 14.6. The quantitative estimate of drug-likeness (QED) is 0.865. The van der Waals surface area contributed by atoms with Gasteiger partial charge in [-0.2, -0.15) is 8.42 Å². The molecule has 4 rings (SSSR count). The second kappa shape index (κ2) is 6.81. The van der Waals surface area contributed by atoms with Crippen molar-refractivity contribution in [3.8, 4) is 0 Å². The topological polar surface area (TPSA) is 78.8 Å². The first kappa shape index (κ1) is 17.7. The van der Waals surface area contributed by atoms with Gasteiger partial charge >= 0.3 is 0 Å². The van der Waals surface area contributed by atoms with Crippen LogP contribution in [-0.4, -0.2) is 38.2 Å². The number of amides is 1. The molecule has 6 nitrogen and oxygen atoms in total. The van der Waals surface area contributed by atoms with E-state index in [0.29, 0.717) is 37.3 Å². The fourth-order valence-electron chi connectivity index (χ4n) is 3.55. The summed E-state index contributed by atoms with van der Waals surface area (Å²) in [4.78, 5) is 14.8. The van der Waals surface area contributed by atoms with Gasteiger partial charge in [0.2, 0.25) is 5.91 Å². The van der Waals surface area contributed by atoms with E-state index in [2.05, 4.69) is 9.71 Å². The van der Waals surface area contributed by atoms with E-state index in [-0.39, 0.29) is 16.7 Å². The standard InChI is InChI=1S/C20H21N3O3S/c1-14-6-8-16(9-7-14)21-20(24)15-10-12-23(13-11-15)19-17-4-2-3-5-18(17)27(25,26)22-19/h2-9,15H,10-13H2,1H3,(H,21,24). The molecule has 0 spiro atoms. The zero-order chi connectivity index (χ0) is 19.0. The number of hydrogen-bond acceptors (Lipinski definition) is 4. The summed E-state index contributed by atoms with van der Waals surface area (Å²) in [6.07, 6.45) is 1.33. The van der Waals surface area contributed by atoms with Gasteiger partial charge in [0.25, 0.3) is 10.0 Å². The molecule has 2 aliphatic rings. The number of carbonyl (C=O) groups is 1. The Morgan fingerprint density at radius 2 is 1.74 bits per heavy atom. The normalized spacial score (nSPS) is 18.7. The van der Waals surface area contributed by atoms with Crippen LogP contribution in [0, 0.1) is 12.8 Å². The number of rotatable bonds is 2. The molecule has 27 heavy (non-hydrogen) atoms. The SMILES string of the molecule is Cc1ccc(NC(=O)C2CCN(C3=NS(=O)(=O)c4ccccc43)CC2)cc1. The van der Waals surface area contributed by atoms with Crippen LogP contribution in [0.5, 0.6) is 0 Å². The monoisotopic (exact) mass is 383 g/mol. The summed E-state index contributed by atoms with van der Waals surface area (Å²) in [7, 11) is -3.61. The van der Waals surface area contributed by atoms with E-state index >= 15 is 0 Å². The van der Waals surface area contributed by atoms with E-state index < -0.39 is 10.0 Å². The summed E-state index contributed by atoms with van der Waals surface area (Å²) in [5, 5.41) is 2.97. The highest BCUT2D eigenvalue weighted by molar-refractivity contribution is 7.90. The molecule has 2 aromatic carbocycles. The van der Waals surface area contributed by atoms with Crippen LogP contribution in [0.4, 0.5) is 5.69 Å². The summed E-state index contributed by atoms with van der Waals surface area (Å²) in [6.45, 7) is 3.22. The van der Waals surface area contributed by atoms with Crippen LogP contribution in [0.3, 0.4) is 0 Å². The molecule has 0 bridgehead atoms. The lowest BCUT2D eigenvalue weighted by Gasteiger charge is -2.32. The molecule has 2 aliphatic heterocycles. The number of hydrogen-bond donors (Lipinski definition) is 1. The van der Waals surface area contributed by atoms with E-state index in [1.165, 1.54) is 0 Å². The van der Waals surface area contributed by atoms with Crippen molar-refractivity contribution in [3.63, 3.8) is 0 Å². The van der Waals surface area contributed by atoms with Gasteiger partial charge in [0.15, 0.2) is 5.84 Å². The smallest absolute Gasteiger partial charge is 0.285 e. The Kier molecular flexibility index (Phi) is 4.47. The van der Waals surface area contributed by atoms with Crippen LogP contribution >= 0.6 is 0 Å². The fourth-order valence-corrected chi connectivity index (χ4v) is 4.78. The van der Waals surface area contributed by atoms with Gasteiger partial charge in [-0.3, -0.25) is 4.79 Å². The zero-order valence-electron chi connectivity index (χ0n) is 15.1. The first-order chi connectivity index (χ1) is 12.9. The van der Waals surface area contributed by atoms with E-state index in [4.69, 9.17) is 0 Å². The number of benzene rings is 2. The Balaban J connectivity index is 1.42. The van der Waals surface area contributed by atoms with Crippen LogP contribution in [-0.2, 0) is 14.8 Å². The van der Waals surface area contributed by atoms with Gasteiger partial charge in [-0.25, -0.2) is 0 Å². The van der Waals surface area contributed by atoms with Crippen LogP contribution < -0.4 is 5.32 Å². The highest BCUT2D eigenvalue weighted by atomic mass is 32.2. The Morgan fingerprint density at radius 1 is 1.07 bits per heavy atom. The van der Waals surface area contributed by atoms with Crippen LogP contribution in [0.2, 0.25) is 0 Å². The molecule has 0 aliphatic carbocycles. The molecule has 0 radical (unpaired) electrons. The number of anilines is 1. The predicted octanol–water partition coefficient (Wildman–Crippen LogP) is 2.79. The average Bonchev–Trinajstić information content (AvgIpc) is 2.95.